The minimum absolute atomic E-state index is 0.220. The van der Waals surface area contributed by atoms with Crippen molar-refractivity contribution < 1.29 is 36.6 Å². The van der Waals surface area contributed by atoms with Crippen LogP contribution in [-0.4, -0.2) is 28.3 Å². The molecule has 0 radical (unpaired) electrons. The smallest absolute Gasteiger partial charge is 0.481 e. The van der Waals surface area contributed by atoms with Crippen molar-refractivity contribution in [1.29, 1.82) is 0 Å². The third-order valence-electron chi connectivity index (χ3n) is 4.57. The molecule has 0 aliphatic carbocycles. The Bertz CT molecular complexity index is 1330. The first kappa shape index (κ1) is 23.7. The van der Waals surface area contributed by atoms with Crippen LogP contribution in [0.3, 0.4) is 0 Å². The molecule has 35 heavy (non-hydrogen) atoms. The molecule has 1 atom stereocenters. The van der Waals surface area contributed by atoms with Crippen LogP contribution in [0.5, 0.6) is 23.1 Å². The number of carbonyl (C=O) groups excluding carboxylic acids is 1. The fourth-order valence-electron chi connectivity index (χ4n) is 2.96. The fraction of sp³-hybridized carbons (Fsp3) is 0.125. The maximum atomic E-state index is 13.3. The number of anilines is 1. The average Bonchev–Trinajstić information content (AvgIpc) is 2.81. The second-order valence-corrected chi connectivity index (χ2v) is 7.24. The molecule has 0 saturated heterocycles. The highest BCUT2D eigenvalue weighted by molar-refractivity contribution is 5.94. The van der Waals surface area contributed by atoms with Crippen molar-refractivity contribution in [2.24, 2.45) is 0 Å². The van der Waals surface area contributed by atoms with Gasteiger partial charge in [-0.2, -0.15) is 0 Å². The van der Waals surface area contributed by atoms with Crippen LogP contribution in [0, 0.1) is 5.82 Å². The monoisotopic (exact) mass is 487 g/mol. The van der Waals surface area contributed by atoms with Crippen molar-refractivity contribution >= 4 is 22.6 Å². The molecule has 3 aromatic carbocycles. The first-order valence-electron chi connectivity index (χ1n) is 10.2. The Morgan fingerprint density at radius 3 is 2.26 bits per heavy atom. The van der Waals surface area contributed by atoms with E-state index in [0.717, 1.165) is 12.1 Å². The van der Waals surface area contributed by atoms with E-state index in [4.69, 9.17) is 9.47 Å². The lowest BCUT2D eigenvalue weighted by atomic mass is 10.2. The molecule has 0 fully saturated rings. The number of hydrogen-bond donors (Lipinski definition) is 1. The minimum Gasteiger partial charge on any atom is -0.481 e. The minimum atomic E-state index is -4.79. The lowest BCUT2D eigenvalue weighted by Gasteiger charge is -2.15. The van der Waals surface area contributed by atoms with Gasteiger partial charge in [-0.15, -0.1) is 13.2 Å². The van der Waals surface area contributed by atoms with Gasteiger partial charge in [-0.05, 0) is 67.6 Å². The number of ether oxygens (including phenoxy) is 3. The van der Waals surface area contributed by atoms with Gasteiger partial charge in [0, 0.05) is 11.8 Å². The lowest BCUT2D eigenvalue weighted by molar-refractivity contribution is -0.274. The first-order chi connectivity index (χ1) is 16.6. The summed E-state index contributed by atoms with van der Waals surface area (Å²) in [5, 5.41) is 2.55. The van der Waals surface area contributed by atoms with Gasteiger partial charge in [0.05, 0.1) is 17.2 Å². The molecule has 0 spiro atoms. The summed E-state index contributed by atoms with van der Waals surface area (Å²) >= 11 is 0. The number of halogens is 4. The summed E-state index contributed by atoms with van der Waals surface area (Å²) in [6.45, 7) is 1.52. The van der Waals surface area contributed by atoms with E-state index in [1.54, 1.807) is 24.3 Å². The van der Waals surface area contributed by atoms with Crippen LogP contribution in [0.15, 0.2) is 72.9 Å². The Labute approximate surface area is 196 Å². The van der Waals surface area contributed by atoms with Crippen molar-refractivity contribution in [2.45, 2.75) is 19.4 Å². The summed E-state index contributed by atoms with van der Waals surface area (Å²) in [6, 6.07) is 15.2. The number of amides is 1. The van der Waals surface area contributed by atoms with Gasteiger partial charge in [-0.3, -0.25) is 4.79 Å². The summed E-state index contributed by atoms with van der Waals surface area (Å²) < 4.78 is 65.0. The van der Waals surface area contributed by atoms with E-state index in [1.165, 1.54) is 43.5 Å². The number of rotatable bonds is 7. The van der Waals surface area contributed by atoms with Gasteiger partial charge in [0.2, 0.25) is 5.88 Å². The highest BCUT2D eigenvalue weighted by Gasteiger charge is 2.31. The largest absolute Gasteiger partial charge is 0.573 e. The number of carbonyl (C=O) groups is 1. The van der Waals surface area contributed by atoms with E-state index < -0.39 is 29.9 Å². The zero-order valence-electron chi connectivity index (χ0n) is 18.0. The summed E-state index contributed by atoms with van der Waals surface area (Å²) in [4.78, 5) is 20.7. The SMILES string of the molecule is CC(Oc1ccc(Oc2cnc3cc(F)ccc3n2)cc1)C(=O)Nc1ccc(OC(F)(F)F)cc1. The fourth-order valence-corrected chi connectivity index (χ4v) is 2.96. The van der Waals surface area contributed by atoms with Crippen LogP contribution < -0.4 is 19.5 Å². The molecule has 4 aromatic rings. The molecule has 1 amide bonds. The maximum Gasteiger partial charge on any atom is 0.573 e. The van der Waals surface area contributed by atoms with Gasteiger partial charge in [0.15, 0.2) is 6.10 Å². The summed E-state index contributed by atoms with van der Waals surface area (Å²) in [5.41, 5.74) is 1.16. The van der Waals surface area contributed by atoms with E-state index in [2.05, 4.69) is 20.0 Å². The van der Waals surface area contributed by atoms with Gasteiger partial charge in [-0.1, -0.05) is 0 Å². The van der Waals surface area contributed by atoms with Crippen LogP contribution in [-0.2, 0) is 4.79 Å². The molecular formula is C24H17F4N3O4. The molecule has 11 heteroatoms. The number of benzene rings is 3. The van der Waals surface area contributed by atoms with Crippen molar-refractivity contribution in [2.75, 3.05) is 5.32 Å². The van der Waals surface area contributed by atoms with Gasteiger partial charge in [0.25, 0.3) is 5.91 Å². The molecule has 1 heterocycles. The van der Waals surface area contributed by atoms with E-state index in [-0.39, 0.29) is 11.6 Å². The zero-order chi connectivity index (χ0) is 25.0. The van der Waals surface area contributed by atoms with Gasteiger partial charge >= 0.3 is 6.36 Å². The molecule has 0 aliphatic heterocycles. The maximum absolute atomic E-state index is 13.3. The van der Waals surface area contributed by atoms with Crippen molar-refractivity contribution in [3.63, 3.8) is 0 Å². The third kappa shape index (κ3) is 6.56. The molecule has 0 bridgehead atoms. The highest BCUT2D eigenvalue weighted by Crippen LogP contribution is 2.26. The van der Waals surface area contributed by atoms with Crippen LogP contribution in [0.4, 0.5) is 23.2 Å². The Balaban J connectivity index is 1.32. The molecule has 0 aliphatic rings. The number of aromatic nitrogens is 2. The van der Waals surface area contributed by atoms with Crippen LogP contribution >= 0.6 is 0 Å². The Morgan fingerprint density at radius 1 is 0.914 bits per heavy atom. The molecule has 1 aromatic heterocycles. The summed E-state index contributed by atoms with van der Waals surface area (Å²) in [7, 11) is 0. The van der Waals surface area contributed by atoms with Crippen LogP contribution in [0.25, 0.3) is 11.0 Å². The van der Waals surface area contributed by atoms with Crippen LogP contribution in [0.1, 0.15) is 6.92 Å². The molecule has 0 saturated carbocycles. The molecule has 4 rings (SSSR count). The lowest BCUT2D eigenvalue weighted by Crippen LogP contribution is -2.30. The number of nitrogens with zero attached hydrogens (tertiary/aromatic N) is 2. The zero-order valence-corrected chi connectivity index (χ0v) is 18.0. The summed E-state index contributed by atoms with van der Waals surface area (Å²) in [5.74, 6) is -0.270. The normalized spacial score (nSPS) is 12.1. The van der Waals surface area contributed by atoms with Gasteiger partial charge < -0.3 is 19.5 Å². The first-order valence-corrected chi connectivity index (χ1v) is 10.2. The van der Waals surface area contributed by atoms with Gasteiger partial charge in [0.1, 0.15) is 23.1 Å². The number of alkyl halides is 3. The average molecular weight is 487 g/mol. The summed E-state index contributed by atoms with van der Waals surface area (Å²) in [6.07, 6.45) is -4.32. The Hall–Kier alpha value is -4.41. The van der Waals surface area contributed by atoms with Crippen LogP contribution in [0.2, 0.25) is 0 Å². The number of hydrogen-bond acceptors (Lipinski definition) is 6. The number of nitrogens with one attached hydrogen (secondary N) is 1. The predicted molar refractivity (Wildman–Crippen MR) is 118 cm³/mol. The standard InChI is InChI=1S/C24H17F4N3O4/c1-14(23(32)30-16-3-5-19(6-4-16)35-24(26,27)28)33-17-7-9-18(10-8-17)34-22-13-29-21-12-15(25)2-11-20(21)31-22/h2-14H,1H3,(H,30,32). The van der Waals surface area contributed by atoms with Crippen molar-refractivity contribution in [3.8, 4) is 23.1 Å². The molecule has 1 N–H and O–H groups in total. The Morgan fingerprint density at radius 2 is 1.57 bits per heavy atom. The number of fused-ring (bicyclic) bond motifs is 1. The molecule has 7 nitrogen and oxygen atoms in total. The van der Waals surface area contributed by atoms with E-state index in [1.807, 2.05) is 0 Å². The Kier molecular flexibility index (Phi) is 6.67. The molecule has 180 valence electrons. The second kappa shape index (κ2) is 9.84. The molecular weight excluding hydrogens is 470 g/mol. The molecule has 1 unspecified atom stereocenters. The second-order valence-electron chi connectivity index (χ2n) is 7.24. The predicted octanol–water partition coefficient (Wildman–Crippen LogP) is 5.87. The highest BCUT2D eigenvalue weighted by atomic mass is 19.4. The van der Waals surface area contributed by atoms with Gasteiger partial charge in [-0.25, -0.2) is 14.4 Å². The quantitative estimate of drug-likeness (QED) is 0.329. The van der Waals surface area contributed by atoms with Crippen molar-refractivity contribution in [3.05, 3.63) is 78.7 Å². The van der Waals surface area contributed by atoms with E-state index >= 15 is 0 Å². The van der Waals surface area contributed by atoms with E-state index in [0.29, 0.717) is 22.5 Å². The van der Waals surface area contributed by atoms with E-state index in [9.17, 15) is 22.4 Å². The third-order valence-corrected chi connectivity index (χ3v) is 4.57. The topological polar surface area (TPSA) is 82.6 Å². The van der Waals surface area contributed by atoms with Crippen molar-refractivity contribution in [1.82, 2.24) is 9.97 Å².